The lowest BCUT2D eigenvalue weighted by Gasteiger charge is -2.08. The van der Waals surface area contributed by atoms with Crippen LogP contribution >= 0.6 is 22.6 Å². The lowest BCUT2D eigenvalue weighted by molar-refractivity contribution is 0.884. The summed E-state index contributed by atoms with van der Waals surface area (Å²) in [6.45, 7) is 9.89. The average Bonchev–Trinajstić information content (AvgIpc) is 2.05. The van der Waals surface area contributed by atoms with Gasteiger partial charge in [0.15, 0.2) is 0 Å². The van der Waals surface area contributed by atoms with Gasteiger partial charge in [-0.1, -0.05) is 36.4 Å². The predicted octanol–water partition coefficient (Wildman–Crippen LogP) is 3.12. The normalized spacial score (nSPS) is 16.2. The van der Waals surface area contributed by atoms with Crippen molar-refractivity contribution < 1.29 is 0 Å². The first-order valence-corrected chi connectivity index (χ1v) is 5.56. The summed E-state index contributed by atoms with van der Waals surface area (Å²) in [7, 11) is 1.81. The Morgan fingerprint density at radius 3 is 2.15 bits per heavy atom. The Balaban J connectivity index is 4.76. The molecule has 0 aliphatic heterocycles. The lowest BCUT2D eigenvalue weighted by Crippen LogP contribution is -2.06. The van der Waals surface area contributed by atoms with Gasteiger partial charge in [-0.3, -0.25) is 9.98 Å². The highest BCUT2D eigenvalue weighted by Crippen LogP contribution is 2.14. The molecule has 0 fully saturated rings. The second kappa shape index (κ2) is 6.29. The quantitative estimate of drug-likeness (QED) is 0.432. The van der Waals surface area contributed by atoms with Crippen LogP contribution in [0.5, 0.6) is 0 Å². The molecule has 2 nitrogen and oxygen atoms in total. The van der Waals surface area contributed by atoms with E-state index in [1.54, 1.807) is 0 Å². The van der Waals surface area contributed by atoms with Gasteiger partial charge in [-0.2, -0.15) is 0 Å². The van der Waals surface area contributed by atoms with Crippen molar-refractivity contribution in [2.45, 2.75) is 24.7 Å². The molecule has 0 saturated heterocycles. The third-order valence-corrected chi connectivity index (χ3v) is 2.37. The molecule has 0 aliphatic carbocycles. The summed E-state index contributed by atoms with van der Waals surface area (Å²) in [5, 5.41) is 0. The zero-order chi connectivity index (χ0) is 10.4. The Bertz CT molecular complexity index is 227. The van der Waals surface area contributed by atoms with E-state index in [1.165, 1.54) is 0 Å². The zero-order valence-electron chi connectivity index (χ0n) is 8.71. The van der Waals surface area contributed by atoms with Crippen molar-refractivity contribution in [2.24, 2.45) is 15.9 Å². The molecule has 0 saturated carbocycles. The fourth-order valence-electron chi connectivity index (χ4n) is 0.927. The second-order valence-corrected chi connectivity index (χ2v) is 5.01. The van der Waals surface area contributed by atoms with E-state index in [0.717, 1.165) is 11.4 Å². The van der Waals surface area contributed by atoms with Crippen LogP contribution in [0.15, 0.2) is 21.8 Å². The van der Waals surface area contributed by atoms with E-state index in [2.05, 4.69) is 60.1 Å². The Morgan fingerprint density at radius 2 is 1.92 bits per heavy atom. The van der Waals surface area contributed by atoms with Crippen LogP contribution in [0.3, 0.4) is 0 Å². The van der Waals surface area contributed by atoms with E-state index in [9.17, 15) is 0 Å². The average molecular weight is 292 g/mol. The van der Waals surface area contributed by atoms with Crippen molar-refractivity contribution in [1.82, 2.24) is 0 Å². The second-order valence-electron chi connectivity index (χ2n) is 3.15. The van der Waals surface area contributed by atoms with Crippen LogP contribution < -0.4 is 0 Å². The monoisotopic (exact) mass is 292 g/mol. The van der Waals surface area contributed by atoms with E-state index < -0.39 is 0 Å². The maximum Gasteiger partial charge on any atom is 0.0539 e. The molecular formula is C10H17IN2. The molecule has 0 rings (SSSR count). The zero-order valence-corrected chi connectivity index (χ0v) is 10.9. The van der Waals surface area contributed by atoms with Crippen LogP contribution in [0.4, 0.5) is 0 Å². The third kappa shape index (κ3) is 4.55. The van der Waals surface area contributed by atoms with Crippen molar-refractivity contribution in [3.05, 3.63) is 11.8 Å². The van der Waals surface area contributed by atoms with Crippen LogP contribution in [-0.4, -0.2) is 23.4 Å². The Hall–Kier alpha value is -0.190. The van der Waals surface area contributed by atoms with Crippen molar-refractivity contribution >= 4 is 35.0 Å². The fraction of sp³-hybridized carbons (Fsp3) is 0.600. The van der Waals surface area contributed by atoms with E-state index >= 15 is 0 Å². The number of rotatable bonds is 4. The lowest BCUT2D eigenvalue weighted by atomic mass is 10.1. The van der Waals surface area contributed by atoms with Crippen molar-refractivity contribution in [1.29, 1.82) is 0 Å². The molecule has 0 spiro atoms. The van der Waals surface area contributed by atoms with Gasteiger partial charge in [-0.05, 0) is 25.6 Å². The van der Waals surface area contributed by atoms with E-state index in [1.807, 2.05) is 13.1 Å². The molecule has 0 bridgehead atoms. The van der Waals surface area contributed by atoms with Gasteiger partial charge >= 0.3 is 0 Å². The molecule has 3 heteroatoms. The molecular weight excluding hydrogens is 275 g/mol. The molecule has 0 amide bonds. The van der Waals surface area contributed by atoms with Gasteiger partial charge in [0.25, 0.3) is 0 Å². The molecule has 1 unspecified atom stereocenters. The Labute approximate surface area is 94.4 Å². The van der Waals surface area contributed by atoms with Gasteiger partial charge in [-0.25, -0.2) is 0 Å². The van der Waals surface area contributed by atoms with Gasteiger partial charge in [-0.15, -0.1) is 0 Å². The standard InChI is InChI=1S/C10H17IN2/c1-7(2)9(12-4)6-10(13-5)8(3)11/h6-8H,5H2,1-4H3/b10-6-,12-9+. The van der Waals surface area contributed by atoms with Gasteiger partial charge in [0.1, 0.15) is 0 Å². The minimum atomic E-state index is 0.380. The summed E-state index contributed by atoms with van der Waals surface area (Å²) in [5.41, 5.74) is 2.07. The number of allylic oxidation sites excluding steroid dienone is 2. The van der Waals surface area contributed by atoms with Crippen molar-refractivity contribution in [3.63, 3.8) is 0 Å². The minimum Gasteiger partial charge on any atom is -0.293 e. The smallest absolute Gasteiger partial charge is 0.0539 e. The summed E-state index contributed by atoms with van der Waals surface area (Å²) in [5.74, 6) is 0.442. The predicted molar refractivity (Wildman–Crippen MR) is 69.3 cm³/mol. The highest BCUT2D eigenvalue weighted by molar-refractivity contribution is 14.1. The van der Waals surface area contributed by atoms with Crippen molar-refractivity contribution in [3.8, 4) is 0 Å². The topological polar surface area (TPSA) is 24.7 Å². The van der Waals surface area contributed by atoms with Crippen LogP contribution in [0.2, 0.25) is 0 Å². The van der Waals surface area contributed by atoms with E-state index in [0.29, 0.717) is 9.84 Å². The molecule has 1 atom stereocenters. The number of hydrogen-bond acceptors (Lipinski definition) is 2. The molecule has 13 heavy (non-hydrogen) atoms. The first-order valence-electron chi connectivity index (χ1n) is 4.32. The highest BCUT2D eigenvalue weighted by atomic mass is 127. The largest absolute Gasteiger partial charge is 0.293 e. The first kappa shape index (κ1) is 12.8. The first-order chi connectivity index (χ1) is 6.02. The minimum absolute atomic E-state index is 0.380. The Morgan fingerprint density at radius 1 is 1.38 bits per heavy atom. The molecule has 0 aromatic rings. The van der Waals surface area contributed by atoms with Crippen LogP contribution in [0.25, 0.3) is 0 Å². The maximum atomic E-state index is 4.21. The third-order valence-electron chi connectivity index (χ3n) is 1.74. The summed E-state index contributed by atoms with van der Waals surface area (Å²) >= 11 is 2.32. The Kier molecular flexibility index (Phi) is 6.20. The summed E-state index contributed by atoms with van der Waals surface area (Å²) < 4.78 is 0.380. The van der Waals surface area contributed by atoms with Crippen LogP contribution in [0.1, 0.15) is 20.8 Å². The molecule has 0 aromatic carbocycles. The number of hydrogen-bond donors (Lipinski definition) is 0. The van der Waals surface area contributed by atoms with Crippen LogP contribution in [-0.2, 0) is 0 Å². The molecule has 0 N–H and O–H groups in total. The molecule has 0 aromatic heterocycles. The number of aliphatic imine (C=N–C) groups is 2. The van der Waals surface area contributed by atoms with Crippen LogP contribution in [0, 0.1) is 5.92 Å². The van der Waals surface area contributed by atoms with Gasteiger partial charge in [0, 0.05) is 12.8 Å². The van der Waals surface area contributed by atoms with E-state index in [-0.39, 0.29) is 0 Å². The summed E-state index contributed by atoms with van der Waals surface area (Å²) in [6.07, 6.45) is 2.02. The SMILES string of the molecule is C=N/C(=C\C(=N/C)C(C)C)C(C)I. The maximum absolute atomic E-state index is 4.21. The summed E-state index contributed by atoms with van der Waals surface area (Å²) in [4.78, 5) is 8.19. The molecule has 0 radical (unpaired) electrons. The molecule has 0 aliphatic rings. The molecule has 74 valence electrons. The van der Waals surface area contributed by atoms with E-state index in [4.69, 9.17) is 0 Å². The van der Waals surface area contributed by atoms with Gasteiger partial charge in [0.05, 0.1) is 9.62 Å². The number of alkyl halides is 1. The number of nitrogens with zero attached hydrogens (tertiary/aromatic N) is 2. The van der Waals surface area contributed by atoms with Gasteiger partial charge < -0.3 is 0 Å². The van der Waals surface area contributed by atoms with Gasteiger partial charge in [0.2, 0.25) is 0 Å². The molecule has 0 heterocycles. The van der Waals surface area contributed by atoms with Crippen molar-refractivity contribution in [2.75, 3.05) is 7.05 Å². The summed E-state index contributed by atoms with van der Waals surface area (Å²) in [6, 6.07) is 0. The fourth-order valence-corrected chi connectivity index (χ4v) is 1.30. The highest BCUT2D eigenvalue weighted by Gasteiger charge is 2.06. The number of halogens is 1.